The largest absolute Gasteiger partial charge is 0.329 e. The fraction of sp³-hybridized carbons (Fsp3) is 0.375. The van der Waals surface area contributed by atoms with Crippen LogP contribution < -0.4 is 5.73 Å². The maximum absolute atomic E-state index is 12.2. The summed E-state index contributed by atoms with van der Waals surface area (Å²) in [6, 6.07) is 7.83. The quantitative estimate of drug-likeness (QED) is 0.828. The summed E-state index contributed by atoms with van der Waals surface area (Å²) in [4.78, 5) is 25.1. The number of carbonyl (C=O) groups is 2. The lowest BCUT2D eigenvalue weighted by atomic mass is 9.99. The van der Waals surface area contributed by atoms with Crippen LogP contribution in [0.5, 0.6) is 0 Å². The molecule has 1 heterocycles. The molecule has 4 heteroatoms. The molecule has 0 spiro atoms. The summed E-state index contributed by atoms with van der Waals surface area (Å²) in [5.74, 6) is 0.0635. The highest BCUT2D eigenvalue weighted by molar-refractivity contribution is 6.33. The highest BCUT2D eigenvalue weighted by Crippen LogP contribution is 2.24. The number of benzene rings is 1. The van der Waals surface area contributed by atoms with Gasteiger partial charge in [0.15, 0.2) is 0 Å². The molecule has 1 aliphatic heterocycles. The second-order valence-corrected chi connectivity index (χ2v) is 5.44. The lowest BCUT2D eigenvalue weighted by Crippen LogP contribution is -2.35. The Labute approximate surface area is 119 Å². The molecule has 20 heavy (non-hydrogen) atoms. The fourth-order valence-electron chi connectivity index (χ4n) is 2.35. The number of rotatable bonds is 5. The van der Waals surface area contributed by atoms with Crippen molar-refractivity contribution in [2.24, 2.45) is 11.7 Å². The molecule has 1 aromatic carbocycles. The molecule has 0 aromatic heterocycles. The first kappa shape index (κ1) is 14.5. The van der Waals surface area contributed by atoms with Crippen molar-refractivity contribution in [3.05, 3.63) is 41.5 Å². The van der Waals surface area contributed by atoms with Crippen molar-refractivity contribution in [1.29, 1.82) is 0 Å². The van der Waals surface area contributed by atoms with Gasteiger partial charge in [-0.15, -0.1) is 0 Å². The van der Waals surface area contributed by atoms with Gasteiger partial charge in [-0.2, -0.15) is 0 Å². The summed E-state index contributed by atoms with van der Waals surface area (Å²) in [6.07, 6.45) is 2.40. The molecular weight excluding hydrogens is 252 g/mol. The van der Waals surface area contributed by atoms with Crippen molar-refractivity contribution in [3.63, 3.8) is 0 Å². The molecule has 0 aliphatic carbocycles. The molecule has 106 valence electrons. The number of imide groups is 1. The molecule has 0 saturated carbocycles. The Morgan fingerprint density at radius 3 is 2.35 bits per heavy atom. The predicted molar refractivity (Wildman–Crippen MR) is 78.7 cm³/mol. The van der Waals surface area contributed by atoms with Gasteiger partial charge in [0.1, 0.15) is 0 Å². The molecule has 2 rings (SSSR count). The Morgan fingerprint density at radius 2 is 1.80 bits per heavy atom. The number of nitrogens with two attached hydrogens (primary N) is 1. The molecule has 1 aliphatic rings. The topological polar surface area (TPSA) is 63.4 Å². The van der Waals surface area contributed by atoms with Crippen LogP contribution in [0.15, 0.2) is 30.3 Å². The van der Waals surface area contributed by atoms with Crippen molar-refractivity contribution in [3.8, 4) is 0 Å². The summed E-state index contributed by atoms with van der Waals surface area (Å²) in [7, 11) is 0. The van der Waals surface area contributed by atoms with E-state index in [9.17, 15) is 9.59 Å². The first-order valence-corrected chi connectivity index (χ1v) is 6.90. The number of hydrogen-bond acceptors (Lipinski definition) is 3. The van der Waals surface area contributed by atoms with Crippen molar-refractivity contribution in [2.45, 2.75) is 20.3 Å². The predicted octanol–water partition coefficient (Wildman–Crippen LogP) is 1.60. The van der Waals surface area contributed by atoms with Crippen LogP contribution in [0.3, 0.4) is 0 Å². The van der Waals surface area contributed by atoms with Gasteiger partial charge in [-0.25, -0.2) is 0 Å². The van der Waals surface area contributed by atoms with E-state index in [0.29, 0.717) is 11.5 Å². The second-order valence-electron chi connectivity index (χ2n) is 5.44. The Hall–Kier alpha value is -1.94. The van der Waals surface area contributed by atoms with Crippen LogP contribution in [0.4, 0.5) is 0 Å². The minimum Gasteiger partial charge on any atom is -0.329 e. The van der Waals surface area contributed by atoms with Crippen LogP contribution in [0.25, 0.3) is 5.57 Å². The molecule has 2 amide bonds. The van der Waals surface area contributed by atoms with Gasteiger partial charge in [0.25, 0.3) is 11.8 Å². The van der Waals surface area contributed by atoms with E-state index in [2.05, 4.69) is 13.8 Å². The van der Waals surface area contributed by atoms with Crippen molar-refractivity contribution < 1.29 is 9.59 Å². The number of hydrogen-bond donors (Lipinski definition) is 1. The van der Waals surface area contributed by atoms with Gasteiger partial charge >= 0.3 is 0 Å². The van der Waals surface area contributed by atoms with E-state index in [4.69, 9.17) is 5.73 Å². The first-order valence-electron chi connectivity index (χ1n) is 6.90. The normalized spacial score (nSPS) is 15.2. The minimum absolute atomic E-state index is 0.253. The van der Waals surface area contributed by atoms with E-state index in [1.54, 1.807) is 0 Å². The van der Waals surface area contributed by atoms with E-state index in [1.165, 1.54) is 16.5 Å². The zero-order valence-electron chi connectivity index (χ0n) is 11.9. The maximum atomic E-state index is 12.2. The van der Waals surface area contributed by atoms with E-state index in [-0.39, 0.29) is 24.9 Å². The lowest BCUT2D eigenvalue weighted by molar-refractivity contribution is -0.136. The van der Waals surface area contributed by atoms with Gasteiger partial charge in [0, 0.05) is 19.2 Å². The van der Waals surface area contributed by atoms with E-state index in [0.717, 1.165) is 12.0 Å². The molecule has 2 N–H and O–H groups in total. The lowest BCUT2D eigenvalue weighted by Gasteiger charge is -2.13. The van der Waals surface area contributed by atoms with Crippen LogP contribution in [0.2, 0.25) is 0 Å². The Morgan fingerprint density at radius 1 is 1.15 bits per heavy atom. The van der Waals surface area contributed by atoms with Crippen molar-refractivity contribution >= 4 is 17.4 Å². The zero-order valence-corrected chi connectivity index (χ0v) is 11.9. The summed E-state index contributed by atoms with van der Waals surface area (Å²) in [6.45, 7) is 4.88. The van der Waals surface area contributed by atoms with Gasteiger partial charge in [-0.05, 0) is 23.5 Å². The van der Waals surface area contributed by atoms with Crippen LogP contribution >= 0.6 is 0 Å². The smallest absolute Gasteiger partial charge is 0.261 e. The Bertz CT molecular complexity index is 544. The molecule has 1 aromatic rings. The van der Waals surface area contributed by atoms with E-state index in [1.807, 2.05) is 24.3 Å². The SMILES string of the molecule is CC(C)Cc1ccc(C2=CC(=O)N(CCN)C2=O)cc1. The molecule has 0 fully saturated rings. The van der Waals surface area contributed by atoms with E-state index >= 15 is 0 Å². The molecular formula is C16H20N2O2. The number of nitrogens with zero attached hydrogens (tertiary/aromatic N) is 1. The summed E-state index contributed by atoms with van der Waals surface area (Å²) < 4.78 is 0. The van der Waals surface area contributed by atoms with Crippen LogP contribution in [-0.4, -0.2) is 29.8 Å². The number of carbonyl (C=O) groups excluding carboxylic acids is 2. The minimum atomic E-state index is -0.276. The third kappa shape index (κ3) is 2.96. The summed E-state index contributed by atoms with van der Waals surface area (Å²) in [5, 5.41) is 0. The molecule has 0 unspecified atom stereocenters. The first-order chi connectivity index (χ1) is 9.52. The van der Waals surface area contributed by atoms with Crippen LogP contribution in [0, 0.1) is 5.92 Å². The van der Waals surface area contributed by atoms with Gasteiger partial charge in [0.05, 0.1) is 5.57 Å². The average Bonchev–Trinajstić information content (AvgIpc) is 2.67. The fourth-order valence-corrected chi connectivity index (χ4v) is 2.35. The monoisotopic (exact) mass is 272 g/mol. The van der Waals surface area contributed by atoms with E-state index < -0.39 is 0 Å². The van der Waals surface area contributed by atoms with Gasteiger partial charge in [0.2, 0.25) is 0 Å². The standard InChI is InChI=1S/C16H20N2O2/c1-11(2)9-12-3-5-13(6-4-12)14-10-15(19)18(8-7-17)16(14)20/h3-6,10-11H,7-9,17H2,1-2H3. The highest BCUT2D eigenvalue weighted by atomic mass is 16.2. The maximum Gasteiger partial charge on any atom is 0.261 e. The summed E-state index contributed by atoms with van der Waals surface area (Å²) in [5.41, 5.74) is 7.90. The molecule has 0 saturated heterocycles. The third-order valence-electron chi connectivity index (χ3n) is 3.27. The van der Waals surface area contributed by atoms with Gasteiger partial charge in [-0.3, -0.25) is 14.5 Å². The third-order valence-corrected chi connectivity index (χ3v) is 3.27. The van der Waals surface area contributed by atoms with Crippen LogP contribution in [-0.2, 0) is 16.0 Å². The Balaban J connectivity index is 2.18. The highest BCUT2D eigenvalue weighted by Gasteiger charge is 2.30. The zero-order chi connectivity index (χ0) is 14.7. The summed E-state index contributed by atoms with van der Waals surface area (Å²) >= 11 is 0. The Kier molecular flexibility index (Phi) is 4.35. The molecule has 0 bridgehead atoms. The molecule has 0 radical (unpaired) electrons. The average molecular weight is 272 g/mol. The van der Waals surface area contributed by atoms with Crippen LogP contribution in [0.1, 0.15) is 25.0 Å². The van der Waals surface area contributed by atoms with Gasteiger partial charge in [-0.1, -0.05) is 38.1 Å². The second kappa shape index (κ2) is 6.01. The van der Waals surface area contributed by atoms with Gasteiger partial charge < -0.3 is 5.73 Å². The number of amides is 2. The van der Waals surface area contributed by atoms with Crippen molar-refractivity contribution in [2.75, 3.05) is 13.1 Å². The molecule has 0 atom stereocenters. The molecule has 4 nitrogen and oxygen atoms in total. The van der Waals surface area contributed by atoms with Crippen molar-refractivity contribution in [1.82, 2.24) is 4.90 Å².